The number of carbonyl (C=O) groups is 1. The summed E-state index contributed by atoms with van der Waals surface area (Å²) in [4.78, 5) is 18.2. The molecule has 0 spiro atoms. The molecule has 1 heterocycles. The monoisotopic (exact) mass is 284 g/mol. The van der Waals surface area contributed by atoms with E-state index in [1.54, 1.807) is 7.05 Å². The summed E-state index contributed by atoms with van der Waals surface area (Å²) in [6.07, 6.45) is -0.339. The van der Waals surface area contributed by atoms with Gasteiger partial charge in [0.1, 0.15) is 13.4 Å². The first-order chi connectivity index (χ1) is 9.76. The fraction of sp³-hybridized carbons (Fsp3) is 0.375. The van der Waals surface area contributed by atoms with Gasteiger partial charge in [-0.2, -0.15) is 0 Å². The van der Waals surface area contributed by atoms with Crippen LogP contribution in [0.25, 0.3) is 10.9 Å². The first-order valence-corrected chi connectivity index (χ1v) is 7.05. The van der Waals surface area contributed by atoms with Gasteiger partial charge in [0.05, 0.1) is 17.8 Å². The molecule has 4 nitrogen and oxygen atoms in total. The zero-order chi connectivity index (χ0) is 15.6. The number of fused-ring (bicyclic) bond motifs is 1. The molecule has 110 valence electrons. The van der Waals surface area contributed by atoms with E-state index in [0.717, 1.165) is 22.1 Å². The van der Waals surface area contributed by atoms with Gasteiger partial charge in [-0.3, -0.25) is 4.98 Å². The molecular weight excluding hydrogens is 263 g/mol. The average molecular weight is 284 g/mol. The maximum absolute atomic E-state index is 12.0. The Labute approximate surface area is 126 Å². The van der Waals surface area contributed by atoms with Gasteiger partial charge in [-0.05, 0) is 32.2 Å². The van der Waals surface area contributed by atoms with Crippen molar-refractivity contribution in [3.8, 4) is 0 Å². The molecule has 0 fully saturated rings. The van der Waals surface area contributed by atoms with Gasteiger partial charge in [-0.25, -0.2) is 4.79 Å². The Morgan fingerprint density at radius 2 is 2.00 bits per heavy atom. The van der Waals surface area contributed by atoms with Crippen molar-refractivity contribution in [3.63, 3.8) is 0 Å². The lowest BCUT2D eigenvalue weighted by Gasteiger charge is -2.24. The maximum atomic E-state index is 12.0. The molecule has 0 N–H and O–H groups in total. The Morgan fingerprint density at radius 1 is 1.29 bits per heavy atom. The molecule has 2 aromatic rings. The predicted octanol–water partition coefficient (Wildman–Crippen LogP) is 1.86. The number of aromatic nitrogens is 1. The van der Waals surface area contributed by atoms with E-state index in [-0.39, 0.29) is 6.09 Å². The average Bonchev–Trinajstić information content (AvgIpc) is 2.37. The number of hydrogen-bond donors (Lipinski definition) is 0. The Hall–Kier alpha value is -2.04. The third kappa shape index (κ3) is 3.97. The zero-order valence-electron chi connectivity index (χ0n) is 13.3. The predicted molar refractivity (Wildman–Crippen MR) is 87.6 cm³/mol. The number of benzene rings is 1. The van der Waals surface area contributed by atoms with E-state index in [0.29, 0.717) is 6.54 Å². The van der Waals surface area contributed by atoms with Gasteiger partial charge in [-0.1, -0.05) is 29.7 Å². The highest BCUT2D eigenvalue weighted by atomic mass is 16.6. The van der Waals surface area contributed by atoms with E-state index in [2.05, 4.69) is 4.98 Å². The Kier molecular flexibility index (Phi) is 4.21. The molecule has 0 unspecified atom stereocenters. The molecule has 0 aliphatic rings. The summed E-state index contributed by atoms with van der Waals surface area (Å²) >= 11 is 0. The quantitative estimate of drug-likeness (QED) is 0.790. The van der Waals surface area contributed by atoms with Crippen LogP contribution >= 0.6 is 0 Å². The van der Waals surface area contributed by atoms with Crippen LogP contribution in [-0.4, -0.2) is 36.5 Å². The number of para-hydroxylation sites is 1. The highest BCUT2D eigenvalue weighted by molar-refractivity contribution is 6.38. The van der Waals surface area contributed by atoms with Crippen molar-refractivity contribution in [2.45, 2.75) is 32.9 Å². The van der Waals surface area contributed by atoms with Crippen LogP contribution in [0.2, 0.25) is 0 Å². The van der Waals surface area contributed by atoms with E-state index in [1.165, 1.54) is 4.90 Å². The summed E-state index contributed by atoms with van der Waals surface area (Å²) in [6, 6.07) is 10.1. The third-order valence-corrected chi connectivity index (χ3v) is 3.08. The second kappa shape index (κ2) is 5.76. The lowest BCUT2D eigenvalue weighted by Crippen LogP contribution is -2.34. The highest BCUT2D eigenvalue weighted by Crippen LogP contribution is 2.13. The lowest BCUT2D eigenvalue weighted by molar-refractivity contribution is 0.0283. The normalized spacial score (nSPS) is 11.4. The van der Waals surface area contributed by atoms with Gasteiger partial charge in [0, 0.05) is 7.05 Å². The number of rotatable bonds is 2. The summed E-state index contributed by atoms with van der Waals surface area (Å²) in [7, 11) is 3.76. The van der Waals surface area contributed by atoms with E-state index in [9.17, 15) is 4.79 Å². The van der Waals surface area contributed by atoms with Crippen LogP contribution in [0, 0.1) is 0 Å². The lowest BCUT2D eigenvalue weighted by atomic mass is 9.93. The molecule has 0 saturated carbocycles. The van der Waals surface area contributed by atoms with Crippen molar-refractivity contribution in [2.75, 3.05) is 7.05 Å². The number of amides is 1. The SMILES string of the molecule is Bc1cccc2ccc(CN(C)C(=O)OC(C)(C)C)nc12. The molecule has 1 aromatic heterocycles. The van der Waals surface area contributed by atoms with Crippen molar-refractivity contribution in [1.29, 1.82) is 0 Å². The summed E-state index contributed by atoms with van der Waals surface area (Å²) in [6.45, 7) is 6.00. The number of ether oxygens (including phenoxy) is 1. The van der Waals surface area contributed by atoms with Gasteiger partial charge in [0.25, 0.3) is 0 Å². The molecule has 21 heavy (non-hydrogen) atoms. The second-order valence-electron chi connectivity index (χ2n) is 6.29. The molecule has 0 aliphatic heterocycles. The van der Waals surface area contributed by atoms with Crippen LogP contribution in [0.3, 0.4) is 0 Å². The molecule has 5 heteroatoms. The molecule has 0 saturated heterocycles. The maximum Gasteiger partial charge on any atom is 0.410 e. The fourth-order valence-electron chi connectivity index (χ4n) is 2.07. The zero-order valence-corrected chi connectivity index (χ0v) is 13.3. The highest BCUT2D eigenvalue weighted by Gasteiger charge is 2.19. The summed E-state index contributed by atoms with van der Waals surface area (Å²) < 4.78 is 5.34. The van der Waals surface area contributed by atoms with E-state index in [4.69, 9.17) is 4.74 Å². The largest absolute Gasteiger partial charge is 0.444 e. The van der Waals surface area contributed by atoms with Crippen LogP contribution in [0.5, 0.6) is 0 Å². The molecule has 0 atom stereocenters. The van der Waals surface area contributed by atoms with Crippen LogP contribution in [0.4, 0.5) is 4.79 Å². The first-order valence-electron chi connectivity index (χ1n) is 7.05. The Bertz CT molecular complexity index is 665. The number of pyridine rings is 1. The van der Waals surface area contributed by atoms with E-state index >= 15 is 0 Å². The topological polar surface area (TPSA) is 42.4 Å². The fourth-order valence-corrected chi connectivity index (χ4v) is 2.07. The number of nitrogens with zero attached hydrogens (tertiary/aromatic N) is 2. The van der Waals surface area contributed by atoms with E-state index in [1.807, 2.05) is 58.9 Å². The molecule has 0 radical (unpaired) electrons. The van der Waals surface area contributed by atoms with Gasteiger partial charge in [0.15, 0.2) is 0 Å². The summed E-state index contributed by atoms with van der Waals surface area (Å²) in [5.74, 6) is 0. The summed E-state index contributed by atoms with van der Waals surface area (Å²) in [5.41, 5.74) is 2.48. The van der Waals surface area contributed by atoms with Crippen LogP contribution in [-0.2, 0) is 11.3 Å². The van der Waals surface area contributed by atoms with Crippen LogP contribution < -0.4 is 5.46 Å². The molecule has 1 amide bonds. The standard InChI is InChI=1S/C16H21BN2O2/c1-16(2,3)21-15(20)19(4)10-12-9-8-11-6-5-7-13(17)14(11)18-12/h5-9H,10,17H2,1-4H3. The van der Waals surface area contributed by atoms with Gasteiger partial charge in [0.2, 0.25) is 0 Å². The van der Waals surface area contributed by atoms with Crippen LogP contribution in [0.1, 0.15) is 26.5 Å². The van der Waals surface area contributed by atoms with Crippen LogP contribution in [0.15, 0.2) is 30.3 Å². The molecule has 0 bridgehead atoms. The van der Waals surface area contributed by atoms with E-state index < -0.39 is 5.60 Å². The molecule has 1 aromatic carbocycles. The minimum absolute atomic E-state index is 0.339. The minimum atomic E-state index is -0.487. The van der Waals surface area contributed by atoms with Crippen molar-refractivity contribution >= 4 is 30.3 Å². The smallest absolute Gasteiger partial charge is 0.410 e. The van der Waals surface area contributed by atoms with Crippen molar-refractivity contribution < 1.29 is 9.53 Å². The first kappa shape index (κ1) is 15.4. The number of hydrogen-bond acceptors (Lipinski definition) is 3. The van der Waals surface area contributed by atoms with Crippen molar-refractivity contribution in [3.05, 3.63) is 36.0 Å². The molecule has 2 rings (SSSR count). The molecular formula is C16H21BN2O2. The minimum Gasteiger partial charge on any atom is -0.444 e. The number of carbonyl (C=O) groups excluding carboxylic acids is 1. The van der Waals surface area contributed by atoms with Gasteiger partial charge >= 0.3 is 6.09 Å². The Morgan fingerprint density at radius 3 is 2.67 bits per heavy atom. The Balaban J connectivity index is 2.16. The summed E-state index contributed by atoms with van der Waals surface area (Å²) in [5, 5.41) is 1.11. The van der Waals surface area contributed by atoms with Gasteiger partial charge < -0.3 is 9.64 Å². The van der Waals surface area contributed by atoms with Gasteiger partial charge in [-0.15, -0.1) is 0 Å². The molecule has 0 aliphatic carbocycles. The van der Waals surface area contributed by atoms with Crippen molar-refractivity contribution in [2.24, 2.45) is 0 Å². The third-order valence-electron chi connectivity index (χ3n) is 3.08. The second-order valence-corrected chi connectivity index (χ2v) is 6.29. The van der Waals surface area contributed by atoms with Crippen molar-refractivity contribution in [1.82, 2.24) is 9.88 Å².